The van der Waals surface area contributed by atoms with Crippen LogP contribution >= 0.6 is 22.9 Å². The molecule has 1 aromatic rings. The maximum Gasteiger partial charge on any atom is 0.250 e. The number of oxime groups is 1. The summed E-state index contributed by atoms with van der Waals surface area (Å²) in [5.74, 6) is -0.207. The monoisotopic (exact) mass is 337 g/mol. The number of nitrogens with one attached hydrogen (secondary N) is 1. The van der Waals surface area contributed by atoms with Crippen LogP contribution in [0.2, 0.25) is 4.34 Å². The summed E-state index contributed by atoms with van der Waals surface area (Å²) in [6, 6.07) is 1.19. The molecule has 9 heteroatoms. The van der Waals surface area contributed by atoms with Crippen molar-refractivity contribution in [2.24, 2.45) is 16.8 Å². The Bertz CT molecular complexity index is 607. The van der Waals surface area contributed by atoms with Crippen molar-refractivity contribution in [3.8, 4) is 0 Å². The van der Waals surface area contributed by atoms with Crippen LogP contribution in [0.1, 0.15) is 24.8 Å². The molecule has 1 heterocycles. The largest absolute Gasteiger partial charge is 0.409 e. The molecule has 0 amide bonds. The van der Waals surface area contributed by atoms with E-state index in [-0.39, 0.29) is 22.0 Å². The molecule has 1 fully saturated rings. The van der Waals surface area contributed by atoms with Gasteiger partial charge >= 0.3 is 0 Å². The summed E-state index contributed by atoms with van der Waals surface area (Å²) in [6.45, 7) is 1.76. The molecule has 1 aliphatic rings. The van der Waals surface area contributed by atoms with Crippen LogP contribution in [-0.4, -0.2) is 25.5 Å². The fourth-order valence-corrected chi connectivity index (χ4v) is 5.39. The van der Waals surface area contributed by atoms with Crippen molar-refractivity contribution in [3.05, 3.63) is 16.0 Å². The third-order valence-electron chi connectivity index (χ3n) is 3.42. The molecule has 1 aliphatic carbocycles. The molecule has 2 rings (SSSR count). The number of amidine groups is 1. The number of aryl methyl sites for hydroxylation is 1. The van der Waals surface area contributed by atoms with Crippen LogP contribution in [0.15, 0.2) is 15.4 Å². The van der Waals surface area contributed by atoms with Crippen LogP contribution in [0.3, 0.4) is 0 Å². The highest BCUT2D eigenvalue weighted by Crippen LogP contribution is 2.32. The van der Waals surface area contributed by atoms with E-state index in [0.717, 1.165) is 23.3 Å². The van der Waals surface area contributed by atoms with Crippen molar-refractivity contribution < 1.29 is 13.6 Å². The second kappa shape index (κ2) is 5.88. The van der Waals surface area contributed by atoms with E-state index in [1.54, 1.807) is 13.0 Å². The average Bonchev–Trinajstić information content (AvgIpc) is 2.96. The second-order valence-electron chi connectivity index (χ2n) is 4.81. The van der Waals surface area contributed by atoms with Crippen molar-refractivity contribution in [1.82, 2.24) is 4.72 Å². The summed E-state index contributed by atoms with van der Waals surface area (Å²) < 4.78 is 27.9. The Labute approximate surface area is 126 Å². The Balaban J connectivity index is 2.20. The van der Waals surface area contributed by atoms with Gasteiger partial charge in [-0.3, -0.25) is 0 Å². The fraction of sp³-hybridized carbons (Fsp3) is 0.545. The second-order valence-corrected chi connectivity index (χ2v) is 8.41. The fourth-order valence-electron chi connectivity index (χ4n) is 2.35. The Morgan fingerprint density at radius 1 is 1.60 bits per heavy atom. The highest BCUT2D eigenvalue weighted by Gasteiger charge is 2.34. The Hall–Kier alpha value is -0.830. The third kappa shape index (κ3) is 3.08. The van der Waals surface area contributed by atoms with Gasteiger partial charge in [-0.2, -0.15) is 0 Å². The number of nitrogens with two attached hydrogens (primary N) is 1. The van der Waals surface area contributed by atoms with Crippen molar-refractivity contribution >= 4 is 38.8 Å². The minimum absolute atomic E-state index is 0.0654. The van der Waals surface area contributed by atoms with E-state index < -0.39 is 10.0 Å². The summed E-state index contributed by atoms with van der Waals surface area (Å²) in [6.07, 6.45) is 2.20. The predicted octanol–water partition coefficient (Wildman–Crippen LogP) is 1.90. The first-order chi connectivity index (χ1) is 9.35. The first-order valence-electron chi connectivity index (χ1n) is 6.11. The first-order valence-corrected chi connectivity index (χ1v) is 8.78. The number of rotatable bonds is 4. The normalized spacial score (nSPS) is 24.2. The average molecular weight is 338 g/mol. The number of hydrogen-bond donors (Lipinski definition) is 3. The summed E-state index contributed by atoms with van der Waals surface area (Å²) >= 11 is 6.93. The Kier molecular flexibility index (Phi) is 4.58. The lowest BCUT2D eigenvalue weighted by Crippen LogP contribution is -2.42. The maximum atomic E-state index is 12.3. The molecule has 2 unspecified atom stereocenters. The van der Waals surface area contributed by atoms with Gasteiger partial charge < -0.3 is 10.9 Å². The molecular weight excluding hydrogens is 322 g/mol. The summed E-state index contributed by atoms with van der Waals surface area (Å²) in [5.41, 5.74) is 6.33. The number of sulfonamides is 1. The van der Waals surface area contributed by atoms with E-state index in [1.807, 2.05) is 0 Å². The van der Waals surface area contributed by atoms with Crippen molar-refractivity contribution in [3.63, 3.8) is 0 Å². The molecular formula is C11H16ClN3O3S2. The van der Waals surface area contributed by atoms with Gasteiger partial charge in [0.25, 0.3) is 0 Å². The van der Waals surface area contributed by atoms with Gasteiger partial charge in [-0.25, -0.2) is 13.1 Å². The quantitative estimate of drug-likeness (QED) is 0.338. The van der Waals surface area contributed by atoms with E-state index in [9.17, 15) is 8.42 Å². The van der Waals surface area contributed by atoms with E-state index in [1.165, 1.54) is 0 Å². The number of nitrogens with zero attached hydrogens (tertiary/aromatic N) is 1. The van der Waals surface area contributed by atoms with Gasteiger partial charge in [0.15, 0.2) is 0 Å². The zero-order valence-corrected chi connectivity index (χ0v) is 13.2. The van der Waals surface area contributed by atoms with Crippen LogP contribution < -0.4 is 10.5 Å². The van der Waals surface area contributed by atoms with E-state index in [0.29, 0.717) is 17.2 Å². The highest BCUT2D eigenvalue weighted by atomic mass is 35.5. The summed E-state index contributed by atoms with van der Waals surface area (Å²) in [5, 5.41) is 11.7. The van der Waals surface area contributed by atoms with E-state index in [4.69, 9.17) is 22.5 Å². The summed E-state index contributed by atoms with van der Waals surface area (Å²) in [7, 11) is -3.63. The van der Waals surface area contributed by atoms with E-state index >= 15 is 0 Å². The van der Waals surface area contributed by atoms with Crippen LogP contribution in [0.25, 0.3) is 0 Å². The predicted molar refractivity (Wildman–Crippen MR) is 78.9 cm³/mol. The van der Waals surface area contributed by atoms with Crippen LogP contribution in [0, 0.1) is 12.8 Å². The summed E-state index contributed by atoms with van der Waals surface area (Å²) in [4.78, 5) is 0. The molecule has 2 atom stereocenters. The molecule has 0 radical (unpaired) electrons. The number of hydrogen-bond acceptors (Lipinski definition) is 5. The van der Waals surface area contributed by atoms with Crippen molar-refractivity contribution in [2.45, 2.75) is 36.4 Å². The number of thiophene rings is 1. The van der Waals surface area contributed by atoms with Crippen LogP contribution in [-0.2, 0) is 10.0 Å². The zero-order chi connectivity index (χ0) is 14.9. The molecule has 1 aromatic heterocycles. The molecule has 20 heavy (non-hydrogen) atoms. The molecule has 0 aromatic carbocycles. The molecule has 4 N–H and O–H groups in total. The lowest BCUT2D eigenvalue weighted by molar-refractivity contribution is 0.312. The zero-order valence-electron chi connectivity index (χ0n) is 10.8. The third-order valence-corrected chi connectivity index (χ3v) is 6.94. The lowest BCUT2D eigenvalue weighted by Gasteiger charge is -2.19. The molecule has 0 spiro atoms. The van der Waals surface area contributed by atoms with Crippen LogP contribution in [0.4, 0.5) is 0 Å². The lowest BCUT2D eigenvalue weighted by atomic mass is 10.0. The van der Waals surface area contributed by atoms with E-state index in [2.05, 4.69) is 9.88 Å². The van der Waals surface area contributed by atoms with Gasteiger partial charge in [0.2, 0.25) is 10.0 Å². The van der Waals surface area contributed by atoms with Crippen LogP contribution in [0.5, 0.6) is 0 Å². The minimum Gasteiger partial charge on any atom is -0.409 e. The van der Waals surface area contributed by atoms with Gasteiger partial charge in [0.1, 0.15) is 10.0 Å². The molecule has 1 saturated carbocycles. The van der Waals surface area contributed by atoms with Gasteiger partial charge in [-0.1, -0.05) is 23.2 Å². The van der Waals surface area contributed by atoms with Gasteiger partial charge in [-0.15, -0.1) is 11.3 Å². The smallest absolute Gasteiger partial charge is 0.250 e. The standard InChI is InChI=1S/C11H16ClN3O3S2/c1-6-5-9(19-10(6)12)20(17,18)15-8-4-2-3-7(8)11(13)14-16/h5,7-8,15-16H,2-4H2,1H3,(H2,13,14). The Morgan fingerprint density at radius 2 is 2.30 bits per heavy atom. The first kappa shape index (κ1) is 15.6. The molecule has 112 valence electrons. The minimum atomic E-state index is -3.63. The molecule has 0 bridgehead atoms. The highest BCUT2D eigenvalue weighted by molar-refractivity contribution is 7.91. The van der Waals surface area contributed by atoms with Gasteiger partial charge in [0, 0.05) is 12.0 Å². The van der Waals surface area contributed by atoms with Gasteiger partial charge in [0.05, 0.1) is 4.34 Å². The van der Waals surface area contributed by atoms with Crippen molar-refractivity contribution in [1.29, 1.82) is 0 Å². The van der Waals surface area contributed by atoms with Gasteiger partial charge in [-0.05, 0) is 31.4 Å². The Morgan fingerprint density at radius 3 is 2.85 bits per heavy atom. The molecule has 0 aliphatic heterocycles. The molecule has 0 saturated heterocycles. The maximum absolute atomic E-state index is 12.3. The SMILES string of the molecule is Cc1cc(S(=O)(=O)NC2CCCC2/C(N)=N/O)sc1Cl. The molecule has 6 nitrogen and oxygen atoms in total. The topological polar surface area (TPSA) is 105 Å². The van der Waals surface area contributed by atoms with Crippen molar-refractivity contribution in [2.75, 3.05) is 0 Å². The number of halogens is 1.